The maximum atomic E-state index is 7.52. The lowest BCUT2D eigenvalue weighted by molar-refractivity contribution is 1.51. The maximum absolute atomic E-state index is 7.52. The predicted molar refractivity (Wildman–Crippen MR) is 55.5 cm³/mol. The number of nitrogens with one attached hydrogen (secondary N) is 1. The molecule has 1 aromatic carbocycles. The molecule has 0 radical (unpaired) electrons. The Morgan fingerprint density at radius 3 is 2.42 bits per heavy atom. The molecule has 0 aliphatic heterocycles. The van der Waals surface area contributed by atoms with Gasteiger partial charge in [-0.15, -0.1) is 0 Å². The van der Waals surface area contributed by atoms with Gasteiger partial charge in [-0.3, -0.25) is 5.41 Å². The molecule has 0 saturated heterocycles. The smallest absolute Gasteiger partial charge is 0.162 e. The Morgan fingerprint density at radius 1 is 1.33 bits per heavy atom. The fourth-order valence-corrected chi connectivity index (χ4v) is 0.983. The number of nitrogens with zero attached hydrogens (tertiary/aromatic N) is 1. The highest BCUT2D eigenvalue weighted by Gasteiger charge is 2.04. The van der Waals surface area contributed by atoms with Crippen molar-refractivity contribution < 1.29 is 0 Å². The van der Waals surface area contributed by atoms with Gasteiger partial charge in [0.15, 0.2) is 5.17 Å². The zero-order valence-corrected chi connectivity index (χ0v) is 7.81. The van der Waals surface area contributed by atoms with Crippen molar-refractivity contribution in [2.24, 2.45) is 4.40 Å². The van der Waals surface area contributed by atoms with E-state index in [2.05, 4.69) is 17.2 Å². The molecule has 0 aliphatic carbocycles. The average molecular weight is 199 g/mol. The van der Waals surface area contributed by atoms with Gasteiger partial charge in [-0.2, -0.15) is 0 Å². The summed E-state index contributed by atoms with van der Waals surface area (Å²) in [6, 6.07) is 9.15. The topological polar surface area (TPSA) is 36.2 Å². The first-order chi connectivity index (χ1) is 5.75. The molecule has 0 fully saturated rings. The van der Waals surface area contributed by atoms with Crippen molar-refractivity contribution in [3.8, 4) is 0 Å². The molecule has 1 rings (SSSR count). The lowest BCUT2D eigenvalue weighted by Crippen LogP contribution is -2.06. The van der Waals surface area contributed by atoms with Gasteiger partial charge in [0, 0.05) is 5.56 Å². The van der Waals surface area contributed by atoms with Crippen molar-refractivity contribution in [2.75, 3.05) is 0 Å². The summed E-state index contributed by atoms with van der Waals surface area (Å²) in [6.45, 7) is 0. The molecule has 0 aliphatic rings. The van der Waals surface area contributed by atoms with Crippen LogP contribution in [0.1, 0.15) is 5.56 Å². The third-order valence-corrected chi connectivity index (χ3v) is 1.95. The summed E-state index contributed by atoms with van der Waals surface area (Å²) in [7, 11) is 0. The highest BCUT2D eigenvalue weighted by molar-refractivity contribution is 7.79. The van der Waals surface area contributed by atoms with Crippen molar-refractivity contribution in [3.05, 3.63) is 35.9 Å². The second-order valence-corrected chi connectivity index (χ2v) is 2.69. The number of hydrogen-bond acceptors (Lipinski definition) is 3. The number of thiol groups is 1. The Hall–Kier alpha value is -0.800. The first kappa shape index (κ1) is 9.29. The van der Waals surface area contributed by atoms with Crippen LogP contribution in [0.25, 0.3) is 0 Å². The molecule has 12 heavy (non-hydrogen) atoms. The molecule has 0 amide bonds. The van der Waals surface area contributed by atoms with Crippen LogP contribution in [-0.2, 0) is 0 Å². The first-order valence-corrected chi connectivity index (χ1v) is 4.05. The van der Waals surface area contributed by atoms with Gasteiger partial charge in [0.1, 0.15) is 0 Å². The van der Waals surface area contributed by atoms with Crippen LogP contribution < -0.4 is 0 Å². The highest BCUT2D eigenvalue weighted by Crippen LogP contribution is 2.04. The molecule has 0 spiro atoms. The average Bonchev–Trinajstić information content (AvgIpc) is 2.17. The fraction of sp³-hybridized carbons (Fsp3) is 0. The SMILES string of the molecule is N=C(/C(Cl)=N\S)c1ccccc1. The van der Waals surface area contributed by atoms with E-state index in [-0.39, 0.29) is 10.9 Å². The molecule has 0 saturated carbocycles. The minimum atomic E-state index is 0.101. The second-order valence-electron chi connectivity index (χ2n) is 2.13. The lowest BCUT2D eigenvalue weighted by atomic mass is 10.1. The molecule has 4 heteroatoms. The van der Waals surface area contributed by atoms with Crippen LogP contribution in [0.3, 0.4) is 0 Å². The fourth-order valence-electron chi connectivity index (χ4n) is 0.774. The Bertz CT molecular complexity index is 308. The quantitative estimate of drug-likeness (QED) is 0.542. The van der Waals surface area contributed by atoms with E-state index in [0.29, 0.717) is 0 Å². The Morgan fingerprint density at radius 2 is 1.92 bits per heavy atom. The van der Waals surface area contributed by atoms with Gasteiger partial charge in [-0.1, -0.05) is 41.9 Å². The van der Waals surface area contributed by atoms with Crippen LogP contribution in [0, 0.1) is 5.41 Å². The van der Waals surface area contributed by atoms with E-state index in [1.165, 1.54) is 0 Å². The van der Waals surface area contributed by atoms with Crippen molar-refractivity contribution in [2.45, 2.75) is 0 Å². The van der Waals surface area contributed by atoms with Crippen molar-refractivity contribution in [1.82, 2.24) is 0 Å². The summed E-state index contributed by atoms with van der Waals surface area (Å²) in [6.07, 6.45) is 0. The van der Waals surface area contributed by atoms with E-state index in [0.717, 1.165) is 5.56 Å². The van der Waals surface area contributed by atoms with Crippen molar-refractivity contribution >= 4 is 35.3 Å². The largest absolute Gasteiger partial charge is 0.297 e. The number of rotatable bonds is 2. The van der Waals surface area contributed by atoms with Gasteiger partial charge in [-0.25, -0.2) is 4.40 Å². The van der Waals surface area contributed by atoms with Gasteiger partial charge < -0.3 is 0 Å². The minimum Gasteiger partial charge on any atom is -0.297 e. The third-order valence-electron chi connectivity index (χ3n) is 1.36. The summed E-state index contributed by atoms with van der Waals surface area (Å²) >= 11 is 9.22. The van der Waals surface area contributed by atoms with Gasteiger partial charge in [-0.05, 0) is 12.8 Å². The van der Waals surface area contributed by atoms with Crippen LogP contribution >= 0.6 is 24.4 Å². The zero-order valence-electron chi connectivity index (χ0n) is 6.16. The van der Waals surface area contributed by atoms with Gasteiger partial charge >= 0.3 is 0 Å². The molecule has 2 nitrogen and oxygen atoms in total. The van der Waals surface area contributed by atoms with E-state index in [4.69, 9.17) is 17.0 Å². The maximum Gasteiger partial charge on any atom is 0.162 e. The van der Waals surface area contributed by atoms with Crippen LogP contribution in [0.2, 0.25) is 0 Å². The van der Waals surface area contributed by atoms with Gasteiger partial charge in [0.05, 0.1) is 5.71 Å². The number of halogens is 1. The van der Waals surface area contributed by atoms with Gasteiger partial charge in [0.25, 0.3) is 0 Å². The molecule has 0 bridgehead atoms. The van der Waals surface area contributed by atoms with E-state index in [1.54, 1.807) is 12.1 Å². The monoisotopic (exact) mass is 198 g/mol. The van der Waals surface area contributed by atoms with Crippen molar-refractivity contribution in [1.29, 1.82) is 5.41 Å². The Kier molecular flexibility index (Phi) is 3.31. The third kappa shape index (κ3) is 2.09. The number of hydrogen-bond donors (Lipinski definition) is 2. The standard InChI is InChI=1S/C8H7ClN2S/c9-8(11-12)7(10)6-4-2-1-3-5-6/h1-5,10,12H/b10-7?,11-8+. The zero-order chi connectivity index (χ0) is 8.97. The molecular weight excluding hydrogens is 192 g/mol. The first-order valence-electron chi connectivity index (χ1n) is 3.27. The summed E-state index contributed by atoms with van der Waals surface area (Å²) < 4.78 is 3.42. The predicted octanol–water partition coefficient (Wildman–Crippen LogP) is 2.54. The normalized spacial score (nSPS) is 11.3. The molecule has 62 valence electrons. The summed E-state index contributed by atoms with van der Waals surface area (Å²) in [5.41, 5.74) is 0.924. The summed E-state index contributed by atoms with van der Waals surface area (Å²) in [5.74, 6) is 0. The summed E-state index contributed by atoms with van der Waals surface area (Å²) in [5, 5.41) is 7.63. The molecule has 0 atom stereocenters. The molecule has 1 N–H and O–H groups in total. The van der Waals surface area contributed by atoms with Crippen LogP contribution in [0.5, 0.6) is 0 Å². The molecule has 0 unspecified atom stereocenters. The van der Waals surface area contributed by atoms with E-state index < -0.39 is 0 Å². The van der Waals surface area contributed by atoms with Crippen molar-refractivity contribution in [3.63, 3.8) is 0 Å². The second kappa shape index (κ2) is 4.28. The highest BCUT2D eigenvalue weighted by atomic mass is 35.5. The van der Waals surface area contributed by atoms with E-state index in [1.807, 2.05) is 18.2 Å². The number of benzene rings is 1. The minimum absolute atomic E-state index is 0.101. The van der Waals surface area contributed by atoms with Crippen LogP contribution in [0.4, 0.5) is 0 Å². The molecular formula is C8H7ClN2S. The molecule has 1 aromatic rings. The van der Waals surface area contributed by atoms with E-state index >= 15 is 0 Å². The molecule has 0 aromatic heterocycles. The lowest BCUT2D eigenvalue weighted by Gasteiger charge is -1.98. The summed E-state index contributed by atoms with van der Waals surface area (Å²) in [4.78, 5) is 0. The molecule has 0 heterocycles. The Labute approximate surface area is 81.3 Å². The van der Waals surface area contributed by atoms with Crippen LogP contribution in [-0.4, -0.2) is 10.9 Å². The van der Waals surface area contributed by atoms with Gasteiger partial charge in [0.2, 0.25) is 0 Å². The Balaban J connectivity index is 2.94. The van der Waals surface area contributed by atoms with Crippen LogP contribution in [0.15, 0.2) is 34.7 Å². The van der Waals surface area contributed by atoms with E-state index in [9.17, 15) is 0 Å².